The van der Waals surface area contributed by atoms with E-state index in [4.69, 9.17) is 0 Å². The summed E-state index contributed by atoms with van der Waals surface area (Å²) in [6.45, 7) is 5.72. The van der Waals surface area contributed by atoms with Crippen LogP contribution in [0.1, 0.15) is 36.2 Å². The van der Waals surface area contributed by atoms with Gasteiger partial charge in [-0.25, -0.2) is 18.1 Å². The molecule has 0 aliphatic rings. The Labute approximate surface area is 175 Å². The van der Waals surface area contributed by atoms with Gasteiger partial charge in [-0.1, -0.05) is 31.2 Å². The summed E-state index contributed by atoms with van der Waals surface area (Å²) in [7, 11) is -3.60. The summed E-state index contributed by atoms with van der Waals surface area (Å²) in [5.74, 6) is -0.338. The number of nitrogens with zero attached hydrogens (tertiary/aromatic N) is 1. The maximum Gasteiger partial charge on any atom is 0.257 e. The number of hydrogen-bond donors (Lipinski definition) is 2. The maximum atomic E-state index is 12.5. The molecule has 6 nitrogen and oxygen atoms in total. The molecular weight excluding hydrogens is 406 g/mol. The van der Waals surface area contributed by atoms with Gasteiger partial charge in [0.1, 0.15) is 0 Å². The topological polar surface area (TPSA) is 88.2 Å². The first-order valence-corrected chi connectivity index (χ1v) is 11.6. The molecule has 1 amide bonds. The second-order valence-electron chi connectivity index (χ2n) is 6.76. The van der Waals surface area contributed by atoms with Crippen LogP contribution < -0.4 is 10.0 Å². The molecule has 0 fully saturated rings. The summed E-state index contributed by atoms with van der Waals surface area (Å²) >= 11 is 1.34. The van der Waals surface area contributed by atoms with Gasteiger partial charge in [0.05, 0.1) is 10.6 Å². The Morgan fingerprint density at radius 1 is 1.14 bits per heavy atom. The zero-order chi connectivity index (χ0) is 21.0. The van der Waals surface area contributed by atoms with E-state index in [2.05, 4.69) is 15.0 Å². The first-order valence-electron chi connectivity index (χ1n) is 9.25. The molecular formula is C21H23N3O3S2. The molecule has 2 aromatic carbocycles. The number of benzene rings is 2. The number of aryl methyl sites for hydroxylation is 1. The zero-order valence-electron chi connectivity index (χ0n) is 16.5. The molecule has 0 bridgehead atoms. The van der Waals surface area contributed by atoms with Crippen LogP contribution in [0.5, 0.6) is 0 Å². The van der Waals surface area contributed by atoms with Crippen LogP contribution in [-0.2, 0) is 10.0 Å². The number of carbonyl (C=O) groups excluding carboxylic acids is 1. The molecule has 8 heteroatoms. The van der Waals surface area contributed by atoms with E-state index < -0.39 is 10.0 Å². The molecule has 2 N–H and O–H groups in total. The van der Waals surface area contributed by atoms with Gasteiger partial charge in [0.2, 0.25) is 10.0 Å². The molecule has 1 atom stereocenters. The molecule has 3 aromatic rings. The molecule has 0 spiro atoms. The fraction of sp³-hybridized carbons (Fsp3) is 0.238. The number of carbonyl (C=O) groups is 1. The highest BCUT2D eigenvalue weighted by atomic mass is 32.2. The number of aromatic nitrogens is 1. The Kier molecular flexibility index (Phi) is 6.46. The number of hydrogen-bond acceptors (Lipinski definition) is 5. The Morgan fingerprint density at radius 3 is 2.48 bits per heavy atom. The van der Waals surface area contributed by atoms with Gasteiger partial charge in [-0.2, -0.15) is 0 Å². The first kappa shape index (κ1) is 21.2. The van der Waals surface area contributed by atoms with Crippen LogP contribution in [0.25, 0.3) is 11.3 Å². The van der Waals surface area contributed by atoms with Crippen molar-refractivity contribution in [3.05, 3.63) is 65.0 Å². The quantitative estimate of drug-likeness (QED) is 0.581. The fourth-order valence-electron chi connectivity index (χ4n) is 2.69. The Bertz CT molecular complexity index is 1110. The molecule has 3 rings (SSSR count). The fourth-order valence-corrected chi connectivity index (χ4v) is 4.72. The molecule has 29 heavy (non-hydrogen) atoms. The van der Waals surface area contributed by atoms with Crippen LogP contribution in [0.3, 0.4) is 0 Å². The van der Waals surface area contributed by atoms with Crippen LogP contribution in [0, 0.1) is 6.92 Å². The zero-order valence-corrected chi connectivity index (χ0v) is 18.1. The van der Waals surface area contributed by atoms with Crippen LogP contribution in [0.2, 0.25) is 0 Å². The minimum Gasteiger partial charge on any atom is -0.298 e. The van der Waals surface area contributed by atoms with Gasteiger partial charge in [0.25, 0.3) is 5.91 Å². The molecule has 0 aliphatic carbocycles. The Morgan fingerprint density at radius 2 is 1.83 bits per heavy atom. The highest BCUT2D eigenvalue weighted by molar-refractivity contribution is 7.89. The number of amides is 1. The molecule has 0 saturated heterocycles. The predicted molar refractivity (Wildman–Crippen MR) is 117 cm³/mol. The van der Waals surface area contributed by atoms with Crippen molar-refractivity contribution in [3.8, 4) is 11.3 Å². The van der Waals surface area contributed by atoms with E-state index in [0.717, 1.165) is 16.8 Å². The standard InChI is InChI=1S/C21H23N3O3S2/c1-4-15(3)24-29(26,27)17-11-9-16(10-12-17)20(25)23-21-22-19(13-28-21)18-8-6-5-7-14(18)2/h5-13,15,24H,4H2,1-3H3,(H,22,23,25). The molecule has 152 valence electrons. The summed E-state index contributed by atoms with van der Waals surface area (Å²) in [5.41, 5.74) is 3.30. The second-order valence-corrected chi connectivity index (χ2v) is 9.33. The summed E-state index contributed by atoms with van der Waals surface area (Å²) in [6.07, 6.45) is 0.692. The highest BCUT2D eigenvalue weighted by Crippen LogP contribution is 2.27. The van der Waals surface area contributed by atoms with Crippen LogP contribution in [0.4, 0.5) is 5.13 Å². The van der Waals surface area contributed by atoms with Gasteiger partial charge in [0.15, 0.2) is 5.13 Å². The largest absolute Gasteiger partial charge is 0.298 e. The van der Waals surface area contributed by atoms with Crippen LogP contribution in [0.15, 0.2) is 58.8 Å². The first-order chi connectivity index (χ1) is 13.8. The van der Waals surface area contributed by atoms with Crippen LogP contribution in [-0.4, -0.2) is 25.4 Å². The van der Waals surface area contributed by atoms with E-state index in [1.165, 1.54) is 35.6 Å². The Balaban J connectivity index is 1.71. The van der Waals surface area contributed by atoms with Crippen LogP contribution >= 0.6 is 11.3 Å². The molecule has 1 unspecified atom stereocenters. The van der Waals surface area contributed by atoms with Gasteiger partial charge in [-0.3, -0.25) is 10.1 Å². The highest BCUT2D eigenvalue weighted by Gasteiger charge is 2.17. The van der Waals surface area contributed by atoms with E-state index in [9.17, 15) is 13.2 Å². The smallest absolute Gasteiger partial charge is 0.257 e. The monoisotopic (exact) mass is 429 g/mol. The lowest BCUT2D eigenvalue weighted by Crippen LogP contribution is -2.32. The average molecular weight is 430 g/mol. The number of nitrogens with one attached hydrogen (secondary N) is 2. The summed E-state index contributed by atoms with van der Waals surface area (Å²) in [6, 6.07) is 13.6. The van der Waals surface area contributed by atoms with Crippen molar-refractivity contribution in [3.63, 3.8) is 0 Å². The molecule has 1 aromatic heterocycles. The third-order valence-electron chi connectivity index (χ3n) is 4.54. The van der Waals surface area contributed by atoms with Gasteiger partial charge in [-0.15, -0.1) is 11.3 Å². The SMILES string of the molecule is CCC(C)NS(=O)(=O)c1ccc(C(=O)Nc2nc(-c3ccccc3C)cs2)cc1. The lowest BCUT2D eigenvalue weighted by molar-refractivity contribution is 0.102. The van der Waals surface area contributed by atoms with Crippen molar-refractivity contribution in [2.24, 2.45) is 0 Å². The van der Waals surface area contributed by atoms with Gasteiger partial charge in [0, 0.05) is 22.5 Å². The molecule has 0 aliphatic heterocycles. The number of thiazole rings is 1. The predicted octanol–water partition coefficient (Wildman–Crippen LogP) is 4.45. The van der Waals surface area contributed by atoms with Crippen molar-refractivity contribution < 1.29 is 13.2 Å². The average Bonchev–Trinajstić information content (AvgIpc) is 3.16. The maximum absolute atomic E-state index is 12.5. The van der Waals surface area contributed by atoms with Gasteiger partial charge < -0.3 is 0 Å². The lowest BCUT2D eigenvalue weighted by Gasteiger charge is -2.12. The van der Waals surface area contributed by atoms with Gasteiger partial charge in [-0.05, 0) is 50.1 Å². The lowest BCUT2D eigenvalue weighted by atomic mass is 10.1. The van der Waals surface area contributed by atoms with Crippen molar-refractivity contribution >= 4 is 32.4 Å². The second kappa shape index (κ2) is 8.86. The van der Waals surface area contributed by atoms with Crippen molar-refractivity contribution in [1.82, 2.24) is 9.71 Å². The molecule has 0 radical (unpaired) electrons. The van der Waals surface area contributed by atoms with E-state index in [1.807, 2.05) is 43.5 Å². The van der Waals surface area contributed by atoms with Crippen molar-refractivity contribution in [1.29, 1.82) is 0 Å². The van der Waals surface area contributed by atoms with E-state index >= 15 is 0 Å². The summed E-state index contributed by atoms with van der Waals surface area (Å²) in [4.78, 5) is 17.1. The van der Waals surface area contributed by atoms with Crippen molar-refractivity contribution in [2.75, 3.05) is 5.32 Å². The summed E-state index contributed by atoms with van der Waals surface area (Å²) < 4.78 is 27.2. The van der Waals surface area contributed by atoms with Gasteiger partial charge >= 0.3 is 0 Å². The van der Waals surface area contributed by atoms with Crippen molar-refractivity contribution in [2.45, 2.75) is 38.1 Å². The minimum absolute atomic E-state index is 0.130. The third-order valence-corrected chi connectivity index (χ3v) is 6.90. The number of rotatable bonds is 7. The van der Waals surface area contributed by atoms with E-state index in [-0.39, 0.29) is 16.8 Å². The third kappa shape index (κ3) is 5.09. The van der Waals surface area contributed by atoms with E-state index in [1.54, 1.807) is 6.92 Å². The minimum atomic E-state index is -3.60. The normalized spacial score (nSPS) is 12.5. The molecule has 1 heterocycles. The molecule has 0 saturated carbocycles. The van der Waals surface area contributed by atoms with E-state index in [0.29, 0.717) is 17.1 Å². The number of sulfonamides is 1. The Hall–Kier alpha value is -2.55. The number of anilines is 1. The summed E-state index contributed by atoms with van der Waals surface area (Å²) in [5, 5.41) is 5.16.